The van der Waals surface area contributed by atoms with Crippen molar-refractivity contribution in [2.45, 2.75) is 26.2 Å². The highest BCUT2D eigenvalue weighted by Crippen LogP contribution is 2.26. The van der Waals surface area contributed by atoms with E-state index in [1.165, 1.54) is 18.5 Å². The number of carbonyl (C=O) groups is 1. The summed E-state index contributed by atoms with van der Waals surface area (Å²) in [5, 5.41) is 0. The van der Waals surface area contributed by atoms with Crippen LogP contribution in [-0.2, 0) is 0 Å². The van der Waals surface area contributed by atoms with Crippen molar-refractivity contribution in [1.29, 1.82) is 0 Å². The Morgan fingerprint density at radius 3 is 2.58 bits per heavy atom. The van der Waals surface area contributed by atoms with Crippen LogP contribution in [0.15, 0.2) is 18.2 Å². The van der Waals surface area contributed by atoms with Crippen molar-refractivity contribution in [3.05, 3.63) is 29.3 Å². The Morgan fingerprint density at radius 1 is 1.37 bits per heavy atom. The second-order valence-electron chi connectivity index (χ2n) is 5.37. The van der Waals surface area contributed by atoms with Crippen molar-refractivity contribution < 1.29 is 4.79 Å². The van der Waals surface area contributed by atoms with Crippen LogP contribution in [-0.4, -0.2) is 25.5 Å². The summed E-state index contributed by atoms with van der Waals surface area (Å²) in [6, 6.07) is 5.89. The SMILES string of the molecule is Cc1cc(N2CCC(CCN)CC2)ccc1C(N)=O. The Bertz CT molecular complexity index is 451. The lowest BCUT2D eigenvalue weighted by molar-refractivity contribution is 0.1000. The first kappa shape index (κ1) is 13.9. The number of aryl methyl sites for hydroxylation is 1. The fourth-order valence-electron chi connectivity index (χ4n) is 2.84. The number of nitrogens with zero attached hydrogens (tertiary/aromatic N) is 1. The minimum atomic E-state index is -0.356. The standard InChI is InChI=1S/C15H23N3O/c1-11-10-13(2-3-14(11)15(17)19)18-8-5-12(4-7-16)6-9-18/h2-3,10,12H,4-9,16H2,1H3,(H2,17,19). The van der Waals surface area contributed by atoms with E-state index in [0.29, 0.717) is 5.56 Å². The van der Waals surface area contributed by atoms with Gasteiger partial charge < -0.3 is 16.4 Å². The van der Waals surface area contributed by atoms with Crippen LogP contribution in [0, 0.1) is 12.8 Å². The van der Waals surface area contributed by atoms with Crippen LogP contribution in [0.5, 0.6) is 0 Å². The zero-order chi connectivity index (χ0) is 13.8. The Labute approximate surface area is 114 Å². The van der Waals surface area contributed by atoms with E-state index in [0.717, 1.165) is 37.5 Å². The monoisotopic (exact) mass is 261 g/mol. The van der Waals surface area contributed by atoms with Crippen molar-refractivity contribution in [2.75, 3.05) is 24.5 Å². The fraction of sp³-hybridized carbons (Fsp3) is 0.533. The van der Waals surface area contributed by atoms with Gasteiger partial charge in [0, 0.05) is 24.3 Å². The summed E-state index contributed by atoms with van der Waals surface area (Å²) >= 11 is 0. The van der Waals surface area contributed by atoms with Crippen LogP contribution >= 0.6 is 0 Å². The topological polar surface area (TPSA) is 72.3 Å². The molecule has 1 aliphatic heterocycles. The quantitative estimate of drug-likeness (QED) is 0.865. The predicted octanol–water partition coefficient (Wildman–Crippen LogP) is 1.66. The summed E-state index contributed by atoms with van der Waals surface area (Å²) in [7, 11) is 0. The minimum absolute atomic E-state index is 0.356. The molecule has 1 aromatic carbocycles. The molecule has 0 unspecified atom stereocenters. The van der Waals surface area contributed by atoms with E-state index in [9.17, 15) is 4.79 Å². The maximum absolute atomic E-state index is 11.2. The van der Waals surface area contributed by atoms with Gasteiger partial charge in [0.2, 0.25) is 5.91 Å². The van der Waals surface area contributed by atoms with Crippen molar-refractivity contribution in [3.8, 4) is 0 Å². The van der Waals surface area contributed by atoms with Crippen molar-refractivity contribution in [3.63, 3.8) is 0 Å². The summed E-state index contributed by atoms with van der Waals surface area (Å²) in [6.07, 6.45) is 3.54. The summed E-state index contributed by atoms with van der Waals surface area (Å²) in [4.78, 5) is 13.6. The summed E-state index contributed by atoms with van der Waals surface area (Å²) in [5.41, 5.74) is 13.7. The van der Waals surface area contributed by atoms with Crippen LogP contribution < -0.4 is 16.4 Å². The van der Waals surface area contributed by atoms with Crippen molar-refractivity contribution in [2.24, 2.45) is 17.4 Å². The van der Waals surface area contributed by atoms with Gasteiger partial charge in [-0.05, 0) is 62.4 Å². The Kier molecular flexibility index (Phi) is 4.43. The number of carbonyl (C=O) groups excluding carboxylic acids is 1. The van der Waals surface area contributed by atoms with E-state index in [1.54, 1.807) is 0 Å². The summed E-state index contributed by atoms with van der Waals surface area (Å²) < 4.78 is 0. The van der Waals surface area contributed by atoms with Crippen LogP contribution in [0.2, 0.25) is 0 Å². The zero-order valence-corrected chi connectivity index (χ0v) is 11.6. The second-order valence-corrected chi connectivity index (χ2v) is 5.37. The lowest BCUT2D eigenvalue weighted by Gasteiger charge is -2.33. The van der Waals surface area contributed by atoms with E-state index in [-0.39, 0.29) is 5.91 Å². The number of nitrogens with two attached hydrogens (primary N) is 2. The molecular weight excluding hydrogens is 238 g/mol. The van der Waals surface area contributed by atoms with Gasteiger partial charge in [-0.15, -0.1) is 0 Å². The van der Waals surface area contributed by atoms with Gasteiger partial charge >= 0.3 is 0 Å². The van der Waals surface area contributed by atoms with Gasteiger partial charge in [-0.1, -0.05) is 0 Å². The lowest BCUT2D eigenvalue weighted by atomic mass is 9.93. The fourth-order valence-corrected chi connectivity index (χ4v) is 2.84. The maximum Gasteiger partial charge on any atom is 0.248 e. The molecule has 0 saturated carbocycles. The average molecular weight is 261 g/mol. The van der Waals surface area contributed by atoms with Crippen molar-refractivity contribution >= 4 is 11.6 Å². The van der Waals surface area contributed by atoms with Gasteiger partial charge in [-0.3, -0.25) is 4.79 Å². The van der Waals surface area contributed by atoms with Gasteiger partial charge in [0.25, 0.3) is 0 Å². The first-order valence-electron chi connectivity index (χ1n) is 6.97. The molecule has 104 valence electrons. The smallest absolute Gasteiger partial charge is 0.248 e. The number of rotatable bonds is 4. The number of amides is 1. The molecule has 0 aromatic heterocycles. The van der Waals surface area contributed by atoms with Gasteiger partial charge in [0.05, 0.1) is 0 Å². The molecule has 0 aliphatic carbocycles. The first-order valence-corrected chi connectivity index (χ1v) is 6.97. The molecule has 19 heavy (non-hydrogen) atoms. The van der Waals surface area contributed by atoms with Gasteiger partial charge in [0.1, 0.15) is 0 Å². The summed E-state index contributed by atoms with van der Waals surface area (Å²) in [5.74, 6) is 0.415. The number of hydrogen-bond donors (Lipinski definition) is 2. The molecule has 4 N–H and O–H groups in total. The molecule has 4 nitrogen and oxygen atoms in total. The Hall–Kier alpha value is -1.55. The molecule has 4 heteroatoms. The molecule has 0 spiro atoms. The highest BCUT2D eigenvalue weighted by molar-refractivity contribution is 5.94. The van der Waals surface area contributed by atoms with E-state index in [4.69, 9.17) is 11.5 Å². The average Bonchev–Trinajstić information content (AvgIpc) is 2.39. The first-order chi connectivity index (χ1) is 9.11. The highest BCUT2D eigenvalue weighted by Gasteiger charge is 2.19. The molecule has 1 heterocycles. The molecular formula is C15H23N3O. The third-order valence-electron chi connectivity index (χ3n) is 4.03. The molecule has 1 amide bonds. The van der Waals surface area contributed by atoms with Crippen LogP contribution in [0.3, 0.4) is 0 Å². The lowest BCUT2D eigenvalue weighted by Crippen LogP contribution is -2.34. The van der Waals surface area contributed by atoms with E-state index in [1.807, 2.05) is 19.1 Å². The maximum atomic E-state index is 11.2. The number of piperidine rings is 1. The molecule has 1 aromatic rings. The van der Waals surface area contributed by atoms with Gasteiger partial charge in [-0.2, -0.15) is 0 Å². The van der Waals surface area contributed by atoms with E-state index >= 15 is 0 Å². The van der Waals surface area contributed by atoms with E-state index < -0.39 is 0 Å². The Morgan fingerprint density at radius 2 is 2.05 bits per heavy atom. The number of hydrogen-bond acceptors (Lipinski definition) is 3. The molecule has 1 aliphatic rings. The van der Waals surface area contributed by atoms with Crippen molar-refractivity contribution in [1.82, 2.24) is 0 Å². The molecule has 0 bridgehead atoms. The third-order valence-corrected chi connectivity index (χ3v) is 4.03. The van der Waals surface area contributed by atoms with Gasteiger partial charge in [0.15, 0.2) is 0 Å². The molecule has 1 fully saturated rings. The minimum Gasteiger partial charge on any atom is -0.372 e. The van der Waals surface area contributed by atoms with Gasteiger partial charge in [-0.25, -0.2) is 0 Å². The normalized spacial score (nSPS) is 16.6. The largest absolute Gasteiger partial charge is 0.372 e. The second kappa shape index (κ2) is 6.06. The number of primary amides is 1. The number of anilines is 1. The summed E-state index contributed by atoms with van der Waals surface area (Å²) in [6.45, 7) is 4.86. The molecule has 0 atom stereocenters. The predicted molar refractivity (Wildman–Crippen MR) is 78.3 cm³/mol. The van der Waals surface area contributed by atoms with Crippen LogP contribution in [0.25, 0.3) is 0 Å². The Balaban J connectivity index is 2.04. The zero-order valence-electron chi connectivity index (χ0n) is 11.6. The molecule has 1 saturated heterocycles. The van der Waals surface area contributed by atoms with E-state index in [2.05, 4.69) is 11.0 Å². The molecule has 2 rings (SSSR count). The highest BCUT2D eigenvalue weighted by atomic mass is 16.1. The number of benzene rings is 1. The third kappa shape index (κ3) is 3.26. The molecule has 0 radical (unpaired) electrons. The van der Waals surface area contributed by atoms with Crippen LogP contribution in [0.4, 0.5) is 5.69 Å². The van der Waals surface area contributed by atoms with Crippen LogP contribution in [0.1, 0.15) is 35.2 Å².